The Labute approximate surface area is 175 Å². The Morgan fingerprint density at radius 3 is 2.83 bits per heavy atom. The lowest BCUT2D eigenvalue weighted by atomic mass is 10.1. The molecule has 30 heavy (non-hydrogen) atoms. The summed E-state index contributed by atoms with van der Waals surface area (Å²) in [6, 6.07) is 13.8. The van der Waals surface area contributed by atoms with Crippen LogP contribution in [0.15, 0.2) is 47.3 Å². The van der Waals surface area contributed by atoms with Crippen molar-refractivity contribution in [1.29, 1.82) is 0 Å². The fourth-order valence-electron chi connectivity index (χ4n) is 4.38. The molecule has 2 heterocycles. The Balaban J connectivity index is 1.33. The number of likely N-dealkylation sites (N-methyl/N-ethyl adjacent to an activating group) is 1. The summed E-state index contributed by atoms with van der Waals surface area (Å²) in [5, 5.41) is 3.67. The standard InChI is InChI=1S/C24H26N4O2/c1-2-27-14-13-16-7-8-17(15-21(16)27)25-23(29)12-11-22-26-20-6-4-3-5-19(20)24(30)28(22)18-9-10-18/h3-8,15,18H,2,9-14H2,1H3,(H,25,29). The van der Waals surface area contributed by atoms with Gasteiger partial charge in [0.2, 0.25) is 5.91 Å². The van der Waals surface area contributed by atoms with Crippen molar-refractivity contribution in [3.05, 3.63) is 64.2 Å². The Morgan fingerprint density at radius 1 is 1.20 bits per heavy atom. The molecule has 0 atom stereocenters. The van der Waals surface area contributed by atoms with Crippen LogP contribution in [0.5, 0.6) is 0 Å². The zero-order chi connectivity index (χ0) is 20.7. The van der Waals surface area contributed by atoms with E-state index in [-0.39, 0.29) is 17.5 Å². The maximum atomic E-state index is 13.0. The molecule has 154 valence electrons. The summed E-state index contributed by atoms with van der Waals surface area (Å²) >= 11 is 0. The van der Waals surface area contributed by atoms with Gasteiger partial charge in [0, 0.05) is 43.3 Å². The van der Waals surface area contributed by atoms with Crippen molar-refractivity contribution in [2.45, 2.75) is 45.1 Å². The average molecular weight is 402 g/mol. The lowest BCUT2D eigenvalue weighted by Crippen LogP contribution is -2.25. The van der Waals surface area contributed by atoms with Crippen LogP contribution in [-0.4, -0.2) is 28.5 Å². The molecule has 6 nitrogen and oxygen atoms in total. The second-order valence-electron chi connectivity index (χ2n) is 8.17. The van der Waals surface area contributed by atoms with Crippen molar-refractivity contribution < 1.29 is 4.79 Å². The van der Waals surface area contributed by atoms with Gasteiger partial charge in [-0.25, -0.2) is 4.98 Å². The van der Waals surface area contributed by atoms with Gasteiger partial charge < -0.3 is 10.2 Å². The molecule has 1 aliphatic carbocycles. The molecule has 6 heteroatoms. The number of nitrogens with one attached hydrogen (secondary N) is 1. The first-order chi connectivity index (χ1) is 14.6. The van der Waals surface area contributed by atoms with Gasteiger partial charge in [-0.2, -0.15) is 0 Å². The lowest BCUT2D eigenvalue weighted by Gasteiger charge is -2.17. The van der Waals surface area contributed by atoms with Gasteiger partial charge in [0.25, 0.3) is 5.56 Å². The number of hydrogen-bond donors (Lipinski definition) is 1. The quantitative estimate of drug-likeness (QED) is 0.683. The van der Waals surface area contributed by atoms with E-state index in [1.165, 1.54) is 11.3 Å². The van der Waals surface area contributed by atoms with Crippen molar-refractivity contribution in [2.24, 2.45) is 0 Å². The largest absolute Gasteiger partial charge is 0.371 e. The molecule has 0 saturated heterocycles. The molecule has 1 fully saturated rings. The average Bonchev–Trinajstić information content (AvgIpc) is 3.51. The number of hydrogen-bond acceptors (Lipinski definition) is 4. The number of anilines is 2. The molecule has 3 aromatic rings. The fraction of sp³-hybridized carbons (Fsp3) is 0.375. The Morgan fingerprint density at radius 2 is 2.03 bits per heavy atom. The third kappa shape index (κ3) is 3.47. The van der Waals surface area contributed by atoms with E-state index in [0.29, 0.717) is 29.6 Å². The normalized spacial score (nSPS) is 15.4. The second-order valence-corrected chi connectivity index (χ2v) is 8.17. The Kier molecular flexibility index (Phi) is 4.77. The third-order valence-corrected chi connectivity index (χ3v) is 6.11. The van der Waals surface area contributed by atoms with Gasteiger partial charge in [0.1, 0.15) is 5.82 Å². The van der Waals surface area contributed by atoms with E-state index >= 15 is 0 Å². The molecule has 2 aliphatic rings. The highest BCUT2D eigenvalue weighted by molar-refractivity contribution is 5.91. The van der Waals surface area contributed by atoms with E-state index in [0.717, 1.165) is 38.0 Å². The van der Waals surface area contributed by atoms with Crippen molar-refractivity contribution >= 4 is 28.2 Å². The Bertz CT molecular complexity index is 1180. The molecule has 0 spiro atoms. The number of fused-ring (bicyclic) bond motifs is 2. The maximum absolute atomic E-state index is 13.0. The van der Waals surface area contributed by atoms with Gasteiger partial charge in [0.15, 0.2) is 0 Å². The van der Waals surface area contributed by atoms with Crippen LogP contribution in [-0.2, 0) is 17.6 Å². The SMILES string of the molecule is CCN1CCc2ccc(NC(=O)CCc3nc4ccccc4c(=O)n3C3CC3)cc21. The van der Waals surface area contributed by atoms with E-state index in [1.54, 1.807) is 0 Å². The number of rotatable bonds is 6. The van der Waals surface area contributed by atoms with Crippen LogP contribution in [0.4, 0.5) is 11.4 Å². The first kappa shape index (κ1) is 18.9. The number of para-hydroxylation sites is 1. The van der Waals surface area contributed by atoms with Crippen molar-refractivity contribution in [2.75, 3.05) is 23.3 Å². The van der Waals surface area contributed by atoms with Crippen molar-refractivity contribution in [3.8, 4) is 0 Å². The molecule has 1 N–H and O–H groups in total. The lowest BCUT2D eigenvalue weighted by molar-refractivity contribution is -0.116. The van der Waals surface area contributed by atoms with Crippen LogP contribution >= 0.6 is 0 Å². The van der Waals surface area contributed by atoms with E-state index in [9.17, 15) is 9.59 Å². The first-order valence-corrected chi connectivity index (χ1v) is 10.8. The minimum absolute atomic E-state index is 0.0109. The van der Waals surface area contributed by atoms with Crippen LogP contribution < -0.4 is 15.8 Å². The van der Waals surface area contributed by atoms with Gasteiger partial charge in [-0.3, -0.25) is 14.2 Å². The molecule has 1 aliphatic heterocycles. The molecule has 1 amide bonds. The number of carbonyl (C=O) groups is 1. The van der Waals surface area contributed by atoms with Gasteiger partial charge in [-0.1, -0.05) is 18.2 Å². The van der Waals surface area contributed by atoms with Gasteiger partial charge in [-0.05, 0) is 56.0 Å². The minimum Gasteiger partial charge on any atom is -0.371 e. The van der Waals surface area contributed by atoms with Crippen LogP contribution in [0.2, 0.25) is 0 Å². The highest BCUT2D eigenvalue weighted by atomic mass is 16.1. The molecule has 2 aromatic carbocycles. The van der Waals surface area contributed by atoms with Crippen molar-refractivity contribution in [1.82, 2.24) is 9.55 Å². The zero-order valence-corrected chi connectivity index (χ0v) is 17.2. The minimum atomic E-state index is -0.0549. The molecular weight excluding hydrogens is 376 g/mol. The molecule has 1 saturated carbocycles. The molecule has 0 radical (unpaired) electrons. The molecule has 1 aromatic heterocycles. The van der Waals surface area contributed by atoms with E-state index < -0.39 is 0 Å². The number of aryl methyl sites for hydroxylation is 1. The van der Waals surface area contributed by atoms with Crippen LogP contribution in [0.1, 0.15) is 43.6 Å². The summed E-state index contributed by atoms with van der Waals surface area (Å²) in [7, 11) is 0. The van der Waals surface area contributed by atoms with Gasteiger partial charge in [-0.15, -0.1) is 0 Å². The van der Waals surface area contributed by atoms with Gasteiger partial charge >= 0.3 is 0 Å². The van der Waals surface area contributed by atoms with Crippen LogP contribution in [0, 0.1) is 0 Å². The predicted octanol–water partition coefficient (Wildman–Crippen LogP) is 3.69. The highest BCUT2D eigenvalue weighted by Crippen LogP contribution is 2.35. The molecule has 0 unspecified atom stereocenters. The zero-order valence-electron chi connectivity index (χ0n) is 17.2. The van der Waals surface area contributed by atoms with Gasteiger partial charge in [0.05, 0.1) is 10.9 Å². The fourth-order valence-corrected chi connectivity index (χ4v) is 4.38. The monoisotopic (exact) mass is 402 g/mol. The number of benzene rings is 2. The Hall–Kier alpha value is -3.15. The number of amides is 1. The summed E-state index contributed by atoms with van der Waals surface area (Å²) in [6.07, 6.45) is 3.81. The summed E-state index contributed by atoms with van der Waals surface area (Å²) in [6.45, 7) is 4.16. The topological polar surface area (TPSA) is 67.2 Å². The van der Waals surface area contributed by atoms with Crippen molar-refractivity contribution in [3.63, 3.8) is 0 Å². The molecule has 0 bridgehead atoms. The predicted molar refractivity (Wildman–Crippen MR) is 119 cm³/mol. The van der Waals surface area contributed by atoms with Crippen LogP contribution in [0.3, 0.4) is 0 Å². The number of carbonyl (C=O) groups excluding carboxylic acids is 1. The maximum Gasteiger partial charge on any atom is 0.261 e. The molecule has 5 rings (SSSR count). The molecular formula is C24H26N4O2. The summed E-state index contributed by atoms with van der Waals surface area (Å²) in [5.41, 5.74) is 4.09. The first-order valence-electron chi connectivity index (χ1n) is 10.8. The second kappa shape index (κ2) is 7.59. The smallest absolute Gasteiger partial charge is 0.261 e. The number of nitrogens with zero attached hydrogens (tertiary/aromatic N) is 3. The highest BCUT2D eigenvalue weighted by Gasteiger charge is 2.28. The van der Waals surface area contributed by atoms with E-state index in [2.05, 4.69) is 29.3 Å². The summed E-state index contributed by atoms with van der Waals surface area (Å²) < 4.78 is 1.81. The number of aromatic nitrogens is 2. The summed E-state index contributed by atoms with van der Waals surface area (Å²) in [4.78, 5) is 32.6. The summed E-state index contributed by atoms with van der Waals surface area (Å²) in [5.74, 6) is 0.656. The third-order valence-electron chi connectivity index (χ3n) is 6.11. The van der Waals surface area contributed by atoms with Crippen LogP contribution in [0.25, 0.3) is 10.9 Å². The van der Waals surface area contributed by atoms with E-state index in [4.69, 9.17) is 4.98 Å². The van der Waals surface area contributed by atoms with E-state index in [1.807, 2.05) is 34.9 Å².